The van der Waals surface area contributed by atoms with Gasteiger partial charge in [-0.25, -0.2) is 9.98 Å². The molecule has 0 saturated carbocycles. The molecule has 1 saturated heterocycles. The number of piperidine rings is 1. The van der Waals surface area contributed by atoms with Crippen molar-refractivity contribution in [2.75, 3.05) is 26.2 Å². The second-order valence-electron chi connectivity index (χ2n) is 7.37. The number of hydrogen-bond acceptors (Lipinski definition) is 5. The van der Waals surface area contributed by atoms with E-state index in [1.807, 2.05) is 31.2 Å². The lowest BCUT2D eigenvalue weighted by molar-refractivity contribution is -0.119. The zero-order valence-electron chi connectivity index (χ0n) is 17.6. The highest BCUT2D eigenvalue weighted by atomic mass is 127. The number of likely N-dealkylation sites (tertiary alicyclic amines) is 1. The fourth-order valence-electron chi connectivity index (χ4n) is 3.34. The molecule has 0 aliphatic carbocycles. The van der Waals surface area contributed by atoms with Crippen molar-refractivity contribution in [1.82, 2.24) is 20.5 Å². The van der Waals surface area contributed by atoms with Gasteiger partial charge in [0.05, 0.1) is 13.1 Å². The van der Waals surface area contributed by atoms with Crippen LogP contribution >= 0.6 is 24.0 Å². The van der Waals surface area contributed by atoms with E-state index in [-0.39, 0.29) is 29.9 Å². The molecule has 2 aromatic rings. The van der Waals surface area contributed by atoms with E-state index in [0.29, 0.717) is 25.0 Å². The van der Waals surface area contributed by atoms with Crippen molar-refractivity contribution < 1.29 is 9.21 Å². The third-order valence-electron chi connectivity index (χ3n) is 4.90. The summed E-state index contributed by atoms with van der Waals surface area (Å²) in [5.41, 5.74) is 8.22. The van der Waals surface area contributed by atoms with Crippen molar-refractivity contribution in [2.24, 2.45) is 10.7 Å². The molecule has 4 N–H and O–H groups in total. The lowest BCUT2D eigenvalue weighted by Crippen LogP contribution is -2.49. The Balaban J connectivity index is 0.00000320. The van der Waals surface area contributed by atoms with Crippen LogP contribution in [0.25, 0.3) is 11.5 Å². The summed E-state index contributed by atoms with van der Waals surface area (Å²) >= 11 is 0. The van der Waals surface area contributed by atoms with Gasteiger partial charge in [-0.05, 0) is 38.8 Å². The maximum absolute atomic E-state index is 11.1. The SMILES string of the molecule is CCNC(=NCc1coc(-c2ccc(C)cc2)n1)NC1CCN(CC(N)=O)CC1.I. The van der Waals surface area contributed by atoms with Gasteiger partial charge < -0.3 is 20.8 Å². The number of amides is 1. The number of aromatic nitrogens is 1. The molecule has 3 rings (SSSR count). The number of halogens is 1. The van der Waals surface area contributed by atoms with Crippen molar-refractivity contribution >= 4 is 35.8 Å². The third-order valence-corrected chi connectivity index (χ3v) is 4.90. The van der Waals surface area contributed by atoms with Gasteiger partial charge in [-0.15, -0.1) is 24.0 Å². The number of benzene rings is 1. The number of primary amides is 1. The highest BCUT2D eigenvalue weighted by Crippen LogP contribution is 2.19. The van der Waals surface area contributed by atoms with E-state index >= 15 is 0 Å². The van der Waals surface area contributed by atoms with Crippen LogP contribution in [0, 0.1) is 6.92 Å². The minimum absolute atomic E-state index is 0. The number of carbonyl (C=O) groups is 1. The quantitative estimate of drug-likeness (QED) is 0.290. The first-order valence-electron chi connectivity index (χ1n) is 10.1. The fourth-order valence-corrected chi connectivity index (χ4v) is 3.34. The minimum Gasteiger partial charge on any atom is -0.444 e. The van der Waals surface area contributed by atoms with Crippen LogP contribution < -0.4 is 16.4 Å². The van der Waals surface area contributed by atoms with Gasteiger partial charge in [0, 0.05) is 31.2 Å². The molecule has 0 atom stereocenters. The molecule has 1 aliphatic heterocycles. The number of nitrogens with two attached hydrogens (primary N) is 1. The standard InChI is InChI=1S/C21H30N6O2.HI/c1-3-23-21(26-17-8-10-27(11-9-17)13-19(22)28)24-12-18-14-29-20(25-18)16-6-4-15(2)5-7-16;/h4-7,14,17H,3,8-13H2,1-2H3,(H2,22,28)(H2,23,24,26);1H. The maximum Gasteiger partial charge on any atom is 0.231 e. The molecule has 0 spiro atoms. The normalized spacial score (nSPS) is 15.5. The van der Waals surface area contributed by atoms with Crippen molar-refractivity contribution in [1.29, 1.82) is 0 Å². The minimum atomic E-state index is -0.274. The van der Waals surface area contributed by atoms with E-state index in [1.54, 1.807) is 6.26 Å². The third kappa shape index (κ3) is 7.28. The van der Waals surface area contributed by atoms with Crippen LogP contribution in [0.1, 0.15) is 31.0 Å². The highest BCUT2D eigenvalue weighted by Gasteiger charge is 2.20. The number of guanidine groups is 1. The lowest BCUT2D eigenvalue weighted by Gasteiger charge is -2.32. The van der Waals surface area contributed by atoms with Crippen LogP contribution in [0.15, 0.2) is 39.9 Å². The Morgan fingerprint density at radius 1 is 1.30 bits per heavy atom. The molecule has 1 aromatic carbocycles. The number of nitrogens with zero attached hydrogens (tertiary/aromatic N) is 3. The zero-order valence-corrected chi connectivity index (χ0v) is 19.9. The van der Waals surface area contributed by atoms with Crippen molar-refractivity contribution in [3.05, 3.63) is 41.8 Å². The van der Waals surface area contributed by atoms with Crippen molar-refractivity contribution in [3.63, 3.8) is 0 Å². The predicted molar refractivity (Wildman–Crippen MR) is 129 cm³/mol. The Morgan fingerprint density at radius 3 is 2.63 bits per heavy atom. The fraction of sp³-hybridized carbons (Fsp3) is 0.476. The van der Waals surface area contributed by atoms with Crippen LogP contribution in [0.3, 0.4) is 0 Å². The van der Waals surface area contributed by atoms with Gasteiger partial charge in [-0.3, -0.25) is 9.69 Å². The molecular formula is C21H31IN6O2. The topological polar surface area (TPSA) is 109 Å². The molecule has 1 aliphatic rings. The summed E-state index contributed by atoms with van der Waals surface area (Å²) in [6.45, 7) is 7.34. The van der Waals surface area contributed by atoms with E-state index in [0.717, 1.165) is 49.7 Å². The summed E-state index contributed by atoms with van der Waals surface area (Å²) in [6, 6.07) is 8.41. The highest BCUT2D eigenvalue weighted by molar-refractivity contribution is 14.0. The predicted octanol–water partition coefficient (Wildman–Crippen LogP) is 2.27. The smallest absolute Gasteiger partial charge is 0.231 e. The van der Waals surface area contributed by atoms with Gasteiger partial charge >= 0.3 is 0 Å². The van der Waals surface area contributed by atoms with Crippen LogP contribution in [-0.2, 0) is 11.3 Å². The van der Waals surface area contributed by atoms with Gasteiger partial charge in [-0.1, -0.05) is 17.7 Å². The largest absolute Gasteiger partial charge is 0.444 e. The molecule has 0 bridgehead atoms. The number of aryl methyl sites for hydroxylation is 1. The van der Waals surface area contributed by atoms with Crippen LogP contribution in [0.5, 0.6) is 0 Å². The Morgan fingerprint density at radius 2 is 2.00 bits per heavy atom. The first kappa shape index (κ1) is 24.1. The molecule has 1 amide bonds. The van der Waals surface area contributed by atoms with Gasteiger partial charge in [-0.2, -0.15) is 0 Å². The lowest BCUT2D eigenvalue weighted by atomic mass is 10.1. The van der Waals surface area contributed by atoms with Crippen LogP contribution in [-0.4, -0.2) is 54.0 Å². The van der Waals surface area contributed by atoms with E-state index in [2.05, 4.69) is 32.4 Å². The Hall–Kier alpha value is -2.14. The van der Waals surface area contributed by atoms with Crippen molar-refractivity contribution in [3.8, 4) is 11.5 Å². The summed E-state index contributed by atoms with van der Waals surface area (Å²) < 4.78 is 5.61. The van der Waals surface area contributed by atoms with E-state index < -0.39 is 0 Å². The molecule has 30 heavy (non-hydrogen) atoms. The van der Waals surface area contributed by atoms with Crippen molar-refractivity contribution in [2.45, 2.75) is 39.3 Å². The van der Waals surface area contributed by atoms with E-state index in [9.17, 15) is 4.79 Å². The number of nitrogens with one attached hydrogen (secondary N) is 2. The molecular weight excluding hydrogens is 495 g/mol. The summed E-state index contributed by atoms with van der Waals surface area (Å²) in [4.78, 5) is 22.3. The second-order valence-corrected chi connectivity index (χ2v) is 7.37. The Kier molecular flexibility index (Phi) is 9.57. The average molecular weight is 526 g/mol. The second kappa shape index (κ2) is 11.9. The van der Waals surface area contributed by atoms with Gasteiger partial charge in [0.1, 0.15) is 12.0 Å². The Labute approximate surface area is 194 Å². The molecule has 2 heterocycles. The van der Waals surface area contributed by atoms with Gasteiger partial charge in [0.15, 0.2) is 5.96 Å². The number of rotatable bonds is 7. The molecule has 164 valence electrons. The van der Waals surface area contributed by atoms with E-state index in [4.69, 9.17) is 10.2 Å². The number of aliphatic imine (C=N–C) groups is 1. The first-order valence-corrected chi connectivity index (χ1v) is 10.1. The summed E-state index contributed by atoms with van der Waals surface area (Å²) in [5.74, 6) is 1.10. The Bertz CT molecular complexity index is 828. The molecule has 0 radical (unpaired) electrons. The number of hydrogen-bond donors (Lipinski definition) is 3. The average Bonchev–Trinajstić information content (AvgIpc) is 3.17. The summed E-state index contributed by atoms with van der Waals surface area (Å²) in [6.07, 6.45) is 3.54. The first-order chi connectivity index (χ1) is 14.0. The zero-order chi connectivity index (χ0) is 20.6. The summed E-state index contributed by atoms with van der Waals surface area (Å²) in [7, 11) is 0. The molecule has 1 aromatic heterocycles. The molecule has 1 fully saturated rings. The number of carbonyl (C=O) groups excluding carboxylic acids is 1. The van der Waals surface area contributed by atoms with E-state index in [1.165, 1.54) is 5.56 Å². The van der Waals surface area contributed by atoms with Crippen LogP contribution in [0.4, 0.5) is 0 Å². The van der Waals surface area contributed by atoms with Crippen LogP contribution in [0.2, 0.25) is 0 Å². The van der Waals surface area contributed by atoms with Gasteiger partial charge in [0.25, 0.3) is 0 Å². The number of oxazole rings is 1. The molecule has 0 unspecified atom stereocenters. The monoisotopic (exact) mass is 526 g/mol. The van der Waals surface area contributed by atoms with Gasteiger partial charge in [0.2, 0.25) is 11.8 Å². The molecule has 9 heteroatoms. The molecule has 8 nitrogen and oxygen atoms in total. The summed E-state index contributed by atoms with van der Waals surface area (Å²) in [5, 5.41) is 6.76. The maximum atomic E-state index is 11.1.